The van der Waals surface area contributed by atoms with E-state index in [2.05, 4.69) is 9.88 Å². The summed E-state index contributed by atoms with van der Waals surface area (Å²) in [5, 5.41) is 11.3. The lowest BCUT2D eigenvalue weighted by Crippen LogP contribution is -2.42. The van der Waals surface area contributed by atoms with Gasteiger partial charge in [-0.05, 0) is 31.2 Å². The molecule has 0 aromatic carbocycles. The van der Waals surface area contributed by atoms with Crippen LogP contribution in [-0.4, -0.2) is 75.4 Å². The number of hydrogen-bond acceptors (Lipinski definition) is 7. The molecule has 0 aliphatic carbocycles. The third kappa shape index (κ3) is 3.39. The summed E-state index contributed by atoms with van der Waals surface area (Å²) >= 11 is 0. The van der Waals surface area contributed by atoms with Crippen LogP contribution in [0.5, 0.6) is 0 Å². The molecule has 9 nitrogen and oxygen atoms in total. The number of ether oxygens (including phenoxy) is 1. The number of fused-ring (bicyclic) bond motifs is 1. The van der Waals surface area contributed by atoms with Crippen LogP contribution in [-0.2, 0) is 14.3 Å². The number of nitrogens with zero attached hydrogens (tertiary/aromatic N) is 4. The van der Waals surface area contributed by atoms with Crippen LogP contribution in [0.2, 0.25) is 0 Å². The second kappa shape index (κ2) is 8.25. The number of likely N-dealkylation sites (tertiary alicyclic amines) is 1. The Hall–Kier alpha value is -3.43. The third-order valence-corrected chi connectivity index (χ3v) is 6.04. The molecular formula is C23H24N4O5. The Morgan fingerprint density at radius 2 is 1.97 bits per heavy atom. The van der Waals surface area contributed by atoms with Crippen molar-refractivity contribution in [2.45, 2.75) is 13.0 Å². The molecule has 32 heavy (non-hydrogen) atoms. The summed E-state index contributed by atoms with van der Waals surface area (Å²) in [6, 6.07) is 8.09. The summed E-state index contributed by atoms with van der Waals surface area (Å²) in [6.45, 7) is 5.54. The van der Waals surface area contributed by atoms with Gasteiger partial charge in [0, 0.05) is 32.4 Å². The van der Waals surface area contributed by atoms with Gasteiger partial charge in [0.1, 0.15) is 23.1 Å². The van der Waals surface area contributed by atoms with Gasteiger partial charge in [-0.25, -0.2) is 4.98 Å². The number of carbonyl (C=O) groups excluding carboxylic acids is 2. The molecular weight excluding hydrogens is 412 g/mol. The van der Waals surface area contributed by atoms with Crippen LogP contribution in [0, 0.1) is 6.92 Å². The SMILES string of the molecule is Cc1nc2ccccn2c1/C(O)=C1\C(=O)C(=O)N(CCN2CCOCC2)[C@@H]1c1ccco1. The molecule has 2 fully saturated rings. The lowest BCUT2D eigenvalue weighted by atomic mass is 10.0. The molecule has 2 aliphatic rings. The van der Waals surface area contributed by atoms with Crippen molar-refractivity contribution >= 4 is 23.1 Å². The minimum Gasteiger partial charge on any atom is -0.505 e. The fraction of sp³-hybridized carbons (Fsp3) is 0.348. The van der Waals surface area contributed by atoms with E-state index in [1.54, 1.807) is 29.7 Å². The maximum absolute atomic E-state index is 13.1. The van der Waals surface area contributed by atoms with Gasteiger partial charge in [-0.3, -0.25) is 18.9 Å². The molecule has 2 aliphatic heterocycles. The smallest absolute Gasteiger partial charge is 0.295 e. The lowest BCUT2D eigenvalue weighted by molar-refractivity contribution is -0.140. The highest BCUT2D eigenvalue weighted by atomic mass is 16.5. The first-order valence-electron chi connectivity index (χ1n) is 10.6. The fourth-order valence-electron chi connectivity index (χ4n) is 4.45. The number of aryl methyl sites for hydroxylation is 1. The normalized spacial score (nSPS) is 21.7. The molecule has 5 rings (SSSR count). The number of furan rings is 1. The van der Waals surface area contributed by atoms with E-state index >= 15 is 0 Å². The molecule has 0 bridgehead atoms. The van der Waals surface area contributed by atoms with Gasteiger partial charge in [0.15, 0.2) is 5.76 Å². The van der Waals surface area contributed by atoms with Crippen molar-refractivity contribution in [3.05, 3.63) is 65.5 Å². The van der Waals surface area contributed by atoms with Crippen molar-refractivity contribution in [3.8, 4) is 0 Å². The number of imidazole rings is 1. The summed E-state index contributed by atoms with van der Waals surface area (Å²) in [5.74, 6) is -1.20. The minimum atomic E-state index is -0.806. The first-order chi connectivity index (χ1) is 15.6. The van der Waals surface area contributed by atoms with E-state index in [0.717, 1.165) is 13.1 Å². The monoisotopic (exact) mass is 436 g/mol. The number of aliphatic hydroxyl groups excluding tert-OH is 1. The average molecular weight is 436 g/mol. The largest absolute Gasteiger partial charge is 0.505 e. The summed E-state index contributed by atoms with van der Waals surface area (Å²) in [4.78, 5) is 34.3. The summed E-state index contributed by atoms with van der Waals surface area (Å²) in [7, 11) is 0. The van der Waals surface area contributed by atoms with E-state index in [-0.39, 0.29) is 11.3 Å². The number of pyridine rings is 1. The van der Waals surface area contributed by atoms with Gasteiger partial charge in [0.05, 0.1) is 30.7 Å². The van der Waals surface area contributed by atoms with Crippen LogP contribution in [0.15, 0.2) is 52.8 Å². The van der Waals surface area contributed by atoms with E-state index < -0.39 is 17.7 Å². The minimum absolute atomic E-state index is 0.0145. The van der Waals surface area contributed by atoms with Crippen LogP contribution in [0.3, 0.4) is 0 Å². The van der Waals surface area contributed by atoms with Crippen LogP contribution in [0.25, 0.3) is 11.4 Å². The molecule has 9 heteroatoms. The van der Waals surface area contributed by atoms with Crippen molar-refractivity contribution in [1.29, 1.82) is 0 Å². The number of Topliss-reactive ketones (excluding diaryl/α,β-unsaturated/α-hetero) is 1. The number of ketones is 1. The summed E-state index contributed by atoms with van der Waals surface area (Å²) in [6.07, 6.45) is 3.26. The topological polar surface area (TPSA) is 101 Å². The Balaban J connectivity index is 1.57. The molecule has 0 unspecified atom stereocenters. The third-order valence-electron chi connectivity index (χ3n) is 6.04. The highest BCUT2D eigenvalue weighted by molar-refractivity contribution is 6.46. The molecule has 1 N–H and O–H groups in total. The Kier molecular flexibility index (Phi) is 5.28. The molecule has 3 aromatic heterocycles. The van der Waals surface area contributed by atoms with E-state index in [1.807, 2.05) is 18.2 Å². The molecule has 0 spiro atoms. The molecule has 1 amide bonds. The maximum Gasteiger partial charge on any atom is 0.295 e. The number of morpholine rings is 1. The van der Waals surface area contributed by atoms with Crippen molar-refractivity contribution in [2.75, 3.05) is 39.4 Å². The van der Waals surface area contributed by atoms with Crippen LogP contribution >= 0.6 is 0 Å². The van der Waals surface area contributed by atoms with Gasteiger partial charge < -0.3 is 19.2 Å². The van der Waals surface area contributed by atoms with E-state index in [9.17, 15) is 14.7 Å². The van der Waals surface area contributed by atoms with Crippen molar-refractivity contribution in [2.24, 2.45) is 0 Å². The zero-order valence-corrected chi connectivity index (χ0v) is 17.7. The van der Waals surface area contributed by atoms with Crippen molar-refractivity contribution < 1.29 is 23.8 Å². The first-order valence-corrected chi connectivity index (χ1v) is 10.6. The highest BCUT2D eigenvalue weighted by Gasteiger charge is 2.47. The number of aromatic nitrogens is 2. The zero-order chi connectivity index (χ0) is 22.2. The van der Waals surface area contributed by atoms with Gasteiger partial charge in [0.25, 0.3) is 11.7 Å². The average Bonchev–Trinajstić information content (AvgIpc) is 3.50. The van der Waals surface area contributed by atoms with Crippen LogP contribution in [0.1, 0.15) is 23.2 Å². The summed E-state index contributed by atoms with van der Waals surface area (Å²) in [5.41, 5.74) is 1.61. The predicted octanol–water partition coefficient (Wildman–Crippen LogP) is 1.99. The van der Waals surface area contributed by atoms with E-state index in [4.69, 9.17) is 9.15 Å². The number of amides is 1. The van der Waals surface area contributed by atoms with Gasteiger partial charge in [-0.15, -0.1) is 0 Å². The lowest BCUT2D eigenvalue weighted by Gasteiger charge is -2.30. The summed E-state index contributed by atoms with van der Waals surface area (Å²) < 4.78 is 12.7. The Morgan fingerprint density at radius 1 is 1.16 bits per heavy atom. The Bertz CT molecular complexity index is 1190. The Labute approximate surface area is 184 Å². The van der Waals surface area contributed by atoms with Gasteiger partial charge >= 0.3 is 0 Å². The fourth-order valence-corrected chi connectivity index (χ4v) is 4.45. The number of rotatable bonds is 5. The zero-order valence-electron chi connectivity index (χ0n) is 17.7. The maximum atomic E-state index is 13.1. The van der Waals surface area contributed by atoms with Crippen LogP contribution in [0.4, 0.5) is 0 Å². The molecule has 0 saturated carbocycles. The molecule has 0 radical (unpaired) electrons. The quantitative estimate of drug-likeness (QED) is 0.371. The molecule has 166 valence electrons. The van der Waals surface area contributed by atoms with Crippen molar-refractivity contribution in [3.63, 3.8) is 0 Å². The molecule has 3 aromatic rings. The standard InChI is InChI=1S/C23H24N4O5/c1-15-19(26-7-3-2-6-17(26)24-15)21(28)18-20(16-5-4-12-32-16)27(23(30)22(18)29)9-8-25-10-13-31-14-11-25/h2-7,12,20,28H,8-11,13-14H2,1H3/b21-18+/t20-/m1/s1. The second-order valence-electron chi connectivity index (χ2n) is 7.94. The molecule has 1 atom stereocenters. The number of carbonyl (C=O) groups is 2. The van der Waals surface area contributed by atoms with E-state index in [0.29, 0.717) is 49.1 Å². The van der Waals surface area contributed by atoms with Gasteiger partial charge in [-0.2, -0.15) is 0 Å². The highest BCUT2D eigenvalue weighted by Crippen LogP contribution is 2.40. The van der Waals surface area contributed by atoms with Gasteiger partial charge in [0.2, 0.25) is 0 Å². The van der Waals surface area contributed by atoms with Crippen molar-refractivity contribution in [1.82, 2.24) is 19.2 Å². The van der Waals surface area contributed by atoms with Crippen LogP contribution < -0.4 is 0 Å². The second-order valence-corrected chi connectivity index (χ2v) is 7.94. The van der Waals surface area contributed by atoms with E-state index in [1.165, 1.54) is 11.2 Å². The predicted molar refractivity (Wildman–Crippen MR) is 115 cm³/mol. The first kappa shape index (κ1) is 20.5. The number of hydrogen-bond donors (Lipinski definition) is 1. The molecule has 5 heterocycles. The van der Waals surface area contributed by atoms with Gasteiger partial charge in [-0.1, -0.05) is 6.07 Å². The molecule has 2 saturated heterocycles. The number of aliphatic hydroxyl groups is 1. The Morgan fingerprint density at radius 3 is 2.72 bits per heavy atom.